The number of sulfonamides is 1. The molecule has 0 spiro atoms. The topological polar surface area (TPSA) is 156 Å². The molecule has 0 aliphatic carbocycles. The number of nitrogens with zero attached hydrogens (tertiary/aromatic N) is 2. The Morgan fingerprint density at radius 2 is 1.69 bits per heavy atom. The number of methoxy groups -OCH3 is 1. The second-order valence-corrected chi connectivity index (χ2v) is 13.0. The predicted molar refractivity (Wildman–Crippen MR) is 166 cm³/mol. The molecule has 3 aromatic rings. The zero-order valence-corrected chi connectivity index (χ0v) is 26.2. The summed E-state index contributed by atoms with van der Waals surface area (Å²) in [4.78, 5) is 28.2. The number of hydrogen-bond acceptors (Lipinski definition) is 9. The summed E-state index contributed by atoms with van der Waals surface area (Å²) < 4.78 is 50.1. The van der Waals surface area contributed by atoms with Gasteiger partial charge in [-0.2, -0.15) is 4.31 Å². The van der Waals surface area contributed by atoms with Crippen molar-refractivity contribution < 1.29 is 42.1 Å². The molecule has 3 amide bonds. The van der Waals surface area contributed by atoms with Gasteiger partial charge in [0.1, 0.15) is 17.6 Å². The highest BCUT2D eigenvalue weighted by molar-refractivity contribution is 7.89. The van der Waals surface area contributed by atoms with E-state index in [1.807, 2.05) is 6.92 Å². The molecule has 240 valence electrons. The molecule has 3 aromatic carbocycles. The number of urea groups is 1. The Morgan fingerprint density at radius 3 is 2.36 bits per heavy atom. The van der Waals surface area contributed by atoms with Crippen molar-refractivity contribution in [1.82, 2.24) is 9.21 Å². The molecule has 3 N–H and O–H groups in total. The zero-order chi connectivity index (χ0) is 32.3. The van der Waals surface area contributed by atoms with Gasteiger partial charge in [0, 0.05) is 37.0 Å². The van der Waals surface area contributed by atoms with E-state index < -0.39 is 34.1 Å². The second-order valence-electron chi connectivity index (χ2n) is 10.9. The van der Waals surface area contributed by atoms with Gasteiger partial charge in [0.05, 0.1) is 36.8 Å². The van der Waals surface area contributed by atoms with Gasteiger partial charge in [0.15, 0.2) is 11.5 Å². The van der Waals surface area contributed by atoms with Crippen LogP contribution in [-0.2, 0) is 10.0 Å². The van der Waals surface area contributed by atoms with Crippen molar-refractivity contribution in [1.29, 1.82) is 0 Å². The van der Waals surface area contributed by atoms with Crippen LogP contribution in [0.1, 0.15) is 24.2 Å². The maximum absolute atomic E-state index is 13.8. The fourth-order valence-electron chi connectivity index (χ4n) is 5.07. The highest BCUT2D eigenvalue weighted by atomic mass is 32.2. The monoisotopic (exact) mass is 640 g/mol. The van der Waals surface area contributed by atoms with Crippen molar-refractivity contribution in [2.24, 2.45) is 5.92 Å². The van der Waals surface area contributed by atoms with Crippen molar-refractivity contribution in [2.45, 2.75) is 30.9 Å². The maximum atomic E-state index is 13.8. The van der Waals surface area contributed by atoms with E-state index >= 15 is 0 Å². The van der Waals surface area contributed by atoms with E-state index in [1.54, 1.807) is 49.4 Å². The van der Waals surface area contributed by atoms with Crippen molar-refractivity contribution in [3.63, 3.8) is 0 Å². The van der Waals surface area contributed by atoms with Gasteiger partial charge in [-0.1, -0.05) is 6.92 Å². The molecule has 2 heterocycles. The minimum absolute atomic E-state index is 0.0115. The molecular weight excluding hydrogens is 604 g/mol. The fraction of sp³-hybridized carbons (Fsp3) is 0.355. The second kappa shape index (κ2) is 13.2. The van der Waals surface area contributed by atoms with Gasteiger partial charge in [-0.3, -0.25) is 4.79 Å². The third-order valence-electron chi connectivity index (χ3n) is 7.76. The minimum atomic E-state index is -3.87. The third-order valence-corrected chi connectivity index (χ3v) is 9.60. The van der Waals surface area contributed by atoms with Crippen LogP contribution in [0.2, 0.25) is 0 Å². The summed E-state index contributed by atoms with van der Waals surface area (Å²) in [7, 11) is -0.898. The molecule has 14 heteroatoms. The van der Waals surface area contributed by atoms with Crippen LogP contribution in [0.4, 0.5) is 16.2 Å². The summed E-state index contributed by atoms with van der Waals surface area (Å²) in [5.41, 5.74) is 0.967. The maximum Gasteiger partial charge on any atom is 0.323 e. The van der Waals surface area contributed by atoms with Gasteiger partial charge in [-0.05, 0) is 61.5 Å². The summed E-state index contributed by atoms with van der Waals surface area (Å²) in [6, 6.07) is 14.7. The summed E-state index contributed by atoms with van der Waals surface area (Å²) in [5, 5.41) is 15.4. The first-order valence-electron chi connectivity index (χ1n) is 14.3. The average molecular weight is 641 g/mol. The van der Waals surface area contributed by atoms with Crippen molar-refractivity contribution >= 4 is 33.3 Å². The molecule has 0 radical (unpaired) electrons. The summed E-state index contributed by atoms with van der Waals surface area (Å²) >= 11 is 0. The average Bonchev–Trinajstić information content (AvgIpc) is 3.50. The lowest BCUT2D eigenvalue weighted by Crippen LogP contribution is -2.50. The van der Waals surface area contributed by atoms with Crippen molar-refractivity contribution in [3.8, 4) is 23.0 Å². The number of aliphatic hydroxyl groups excluding tert-OH is 1. The van der Waals surface area contributed by atoms with Gasteiger partial charge in [-0.15, -0.1) is 0 Å². The van der Waals surface area contributed by atoms with E-state index in [1.165, 1.54) is 41.6 Å². The minimum Gasteiger partial charge on any atom is -0.497 e. The highest BCUT2D eigenvalue weighted by Gasteiger charge is 2.35. The number of benzene rings is 3. The summed E-state index contributed by atoms with van der Waals surface area (Å²) in [6.07, 6.45) is -0.656. The zero-order valence-electron chi connectivity index (χ0n) is 25.3. The summed E-state index contributed by atoms with van der Waals surface area (Å²) in [6.45, 7) is 3.61. The van der Waals surface area contributed by atoms with Crippen molar-refractivity contribution in [2.75, 3.05) is 51.3 Å². The van der Waals surface area contributed by atoms with E-state index in [2.05, 4.69) is 10.6 Å². The first-order valence-corrected chi connectivity index (χ1v) is 15.7. The van der Waals surface area contributed by atoms with E-state index in [4.69, 9.17) is 18.9 Å². The third kappa shape index (κ3) is 6.92. The Kier molecular flexibility index (Phi) is 9.37. The van der Waals surface area contributed by atoms with Crippen LogP contribution >= 0.6 is 0 Å². The number of hydrogen-bond donors (Lipinski definition) is 3. The fourth-order valence-corrected chi connectivity index (χ4v) is 6.25. The van der Waals surface area contributed by atoms with Gasteiger partial charge < -0.3 is 39.6 Å². The van der Waals surface area contributed by atoms with E-state index in [9.17, 15) is 23.1 Å². The Balaban J connectivity index is 1.38. The molecular formula is C31H36N4O9S. The Morgan fingerprint density at radius 1 is 1.04 bits per heavy atom. The van der Waals surface area contributed by atoms with Crippen LogP contribution in [0.15, 0.2) is 65.6 Å². The van der Waals surface area contributed by atoms with E-state index in [0.29, 0.717) is 28.6 Å². The Bertz CT molecular complexity index is 1670. The van der Waals surface area contributed by atoms with Crippen LogP contribution in [-0.4, -0.2) is 87.5 Å². The standard InChI is InChI=1S/C31H36N4O9S/c1-19-15-35(20(2)17-36)30(37)25-13-21(32-31(38)33-22-6-12-27-28(14-22)43-18-42-27)5-11-26(25)44-29(19)16-34(3)45(39,40)24-9-7-23(41-4)8-10-24/h5-14,19-20,29,36H,15-18H2,1-4H3,(H2,32,33,38)/t19-,20+,29-/m0/s1. The first kappa shape index (κ1) is 31.9. The van der Waals surface area contributed by atoms with Gasteiger partial charge in [0.2, 0.25) is 16.8 Å². The lowest BCUT2D eigenvalue weighted by atomic mass is 9.99. The molecule has 0 unspecified atom stereocenters. The lowest BCUT2D eigenvalue weighted by Gasteiger charge is -2.38. The number of nitrogens with one attached hydrogen (secondary N) is 2. The number of likely N-dealkylation sites (N-methyl/N-ethyl adjacent to an activating group) is 1. The molecule has 0 bridgehead atoms. The predicted octanol–water partition coefficient (Wildman–Crippen LogP) is 3.61. The van der Waals surface area contributed by atoms with Crippen LogP contribution in [0.3, 0.4) is 0 Å². The Hall–Kier alpha value is -4.53. The Labute approximate surface area is 261 Å². The molecule has 2 aliphatic heterocycles. The van der Waals surface area contributed by atoms with Crippen LogP contribution in [0.25, 0.3) is 0 Å². The molecule has 0 fully saturated rings. The van der Waals surface area contributed by atoms with Crippen molar-refractivity contribution in [3.05, 3.63) is 66.2 Å². The van der Waals surface area contributed by atoms with Crippen LogP contribution in [0, 0.1) is 5.92 Å². The number of carbonyl (C=O) groups is 2. The molecule has 0 saturated heterocycles. The van der Waals surface area contributed by atoms with Gasteiger partial charge in [0.25, 0.3) is 5.91 Å². The quantitative estimate of drug-likeness (QED) is 0.318. The smallest absolute Gasteiger partial charge is 0.323 e. The number of rotatable bonds is 9. The number of carbonyl (C=O) groups excluding carboxylic acids is 2. The number of anilines is 2. The van der Waals surface area contributed by atoms with Crippen LogP contribution in [0.5, 0.6) is 23.0 Å². The number of amides is 3. The van der Waals surface area contributed by atoms with Gasteiger partial charge in [-0.25, -0.2) is 13.2 Å². The number of ether oxygens (including phenoxy) is 4. The largest absolute Gasteiger partial charge is 0.497 e. The SMILES string of the molecule is COc1ccc(S(=O)(=O)N(C)C[C@@H]2Oc3ccc(NC(=O)Nc4ccc5c(c4)OCO5)cc3C(=O)N([C@H](C)CO)C[C@@H]2C)cc1. The van der Waals surface area contributed by atoms with E-state index in [0.717, 1.165) is 0 Å². The molecule has 45 heavy (non-hydrogen) atoms. The lowest BCUT2D eigenvalue weighted by molar-refractivity contribution is 0.0387. The first-order chi connectivity index (χ1) is 21.5. The molecule has 0 saturated carbocycles. The highest BCUT2D eigenvalue weighted by Crippen LogP contribution is 2.35. The number of aliphatic hydroxyl groups is 1. The molecule has 0 aromatic heterocycles. The number of fused-ring (bicyclic) bond motifs is 2. The molecule has 5 rings (SSSR count). The normalized spacial score (nSPS) is 18.4. The van der Waals surface area contributed by atoms with E-state index in [-0.39, 0.29) is 48.6 Å². The van der Waals surface area contributed by atoms with Gasteiger partial charge >= 0.3 is 6.03 Å². The molecule has 2 aliphatic rings. The molecule has 3 atom stereocenters. The van der Waals surface area contributed by atoms with Crippen LogP contribution < -0.4 is 29.6 Å². The molecule has 13 nitrogen and oxygen atoms in total. The summed E-state index contributed by atoms with van der Waals surface area (Å²) in [5.74, 6) is 1.16.